The van der Waals surface area contributed by atoms with Crippen LogP contribution in [-0.4, -0.2) is 46.4 Å². The molecule has 1 aromatic heterocycles. The Kier molecular flexibility index (Phi) is 9.37. The fraction of sp³-hybridized carbons (Fsp3) is 0.333. The van der Waals surface area contributed by atoms with Crippen LogP contribution < -0.4 is 20.5 Å². The zero-order valence-electron chi connectivity index (χ0n) is 23.2. The van der Waals surface area contributed by atoms with Crippen LogP contribution in [-0.2, 0) is 26.5 Å². The number of rotatable bonds is 12. The Morgan fingerprint density at radius 2 is 1.36 bits per heavy atom. The second kappa shape index (κ2) is 13.2. The van der Waals surface area contributed by atoms with Crippen molar-refractivity contribution in [3.8, 4) is 0 Å². The molecule has 5 N–H and O–H groups in total. The summed E-state index contributed by atoms with van der Waals surface area (Å²) < 4.78 is 50.8. The number of fused-ring (bicyclic) bond motifs is 1. The highest BCUT2D eigenvalue weighted by Crippen LogP contribution is 2.29. The van der Waals surface area contributed by atoms with E-state index in [9.17, 15) is 16.8 Å². The zero-order chi connectivity index (χ0) is 29.6. The molecule has 0 bridgehead atoms. The molecular weight excluding hydrogens is 573 g/mol. The number of para-hydroxylation sites is 1. The summed E-state index contributed by atoms with van der Waals surface area (Å²) in [4.78, 5) is 9.86. The number of nitrogens with one attached hydrogen (secondary N) is 3. The lowest BCUT2D eigenvalue weighted by Gasteiger charge is -2.28. The van der Waals surface area contributed by atoms with Crippen molar-refractivity contribution in [2.75, 3.05) is 30.3 Å². The second-order valence-corrected chi connectivity index (χ2v) is 14.0. The van der Waals surface area contributed by atoms with Crippen LogP contribution in [0.1, 0.15) is 31.2 Å². The summed E-state index contributed by atoms with van der Waals surface area (Å²) >= 11 is 0. The smallest absolute Gasteiger partial charge is 0.240 e. The Bertz CT molecular complexity index is 1710. The zero-order valence-corrected chi connectivity index (χ0v) is 24.9. The summed E-state index contributed by atoms with van der Waals surface area (Å²) in [6.45, 7) is 1.81. The first-order chi connectivity index (χ1) is 20.2. The van der Waals surface area contributed by atoms with E-state index in [1.165, 1.54) is 12.1 Å². The average Bonchev–Trinajstić information content (AvgIpc) is 3.00. The first-order valence-corrected chi connectivity index (χ1v) is 17.1. The van der Waals surface area contributed by atoms with Crippen LogP contribution in [0.4, 0.5) is 11.8 Å². The molecule has 3 aromatic carbocycles. The third kappa shape index (κ3) is 7.82. The Morgan fingerprint density at radius 1 is 0.714 bits per heavy atom. The molecule has 1 fully saturated rings. The molecule has 1 heterocycles. The summed E-state index contributed by atoms with van der Waals surface area (Å²) in [6, 6.07) is 22.9. The van der Waals surface area contributed by atoms with Gasteiger partial charge < -0.3 is 10.6 Å². The van der Waals surface area contributed by atoms with Crippen molar-refractivity contribution in [1.82, 2.24) is 14.7 Å². The molecule has 1 saturated carbocycles. The van der Waals surface area contributed by atoms with Crippen LogP contribution in [0.15, 0.2) is 88.7 Å². The van der Waals surface area contributed by atoms with E-state index in [2.05, 4.69) is 15.4 Å². The van der Waals surface area contributed by atoms with Crippen molar-refractivity contribution in [3.63, 3.8) is 0 Å². The minimum Gasteiger partial charge on any atom is -0.369 e. The third-order valence-corrected chi connectivity index (χ3v) is 10.1. The number of hydrogen-bond acceptors (Lipinski definition) is 8. The van der Waals surface area contributed by atoms with Gasteiger partial charge in [0.1, 0.15) is 5.82 Å². The van der Waals surface area contributed by atoms with Crippen LogP contribution in [0.2, 0.25) is 0 Å². The minimum atomic E-state index is -3.71. The van der Waals surface area contributed by atoms with E-state index in [-0.39, 0.29) is 4.90 Å². The Morgan fingerprint density at radius 3 is 2.05 bits per heavy atom. The lowest BCUT2D eigenvalue weighted by molar-refractivity contribution is 0.284. The summed E-state index contributed by atoms with van der Waals surface area (Å²) in [5.41, 5.74) is 1.82. The summed E-state index contributed by atoms with van der Waals surface area (Å²) in [5.74, 6) is 2.08. The van der Waals surface area contributed by atoms with E-state index in [1.807, 2.05) is 24.3 Å². The van der Waals surface area contributed by atoms with Crippen LogP contribution >= 0.6 is 0 Å². The second-order valence-electron chi connectivity index (χ2n) is 10.7. The number of aromatic nitrogens is 2. The summed E-state index contributed by atoms with van der Waals surface area (Å²) in [7, 11) is -7.19. The van der Waals surface area contributed by atoms with Gasteiger partial charge in [-0.3, -0.25) is 0 Å². The van der Waals surface area contributed by atoms with Gasteiger partial charge in [0.05, 0.1) is 15.3 Å². The fourth-order valence-electron chi connectivity index (χ4n) is 5.25. The SMILES string of the molecule is NS(=O)(=O)c1ccc(CCNc2nc(NCC3CCC(CNS(=O)(=O)c4ccccc4)CC3)nc3ccccc23)cc1. The quantitative estimate of drug-likeness (QED) is 0.187. The highest BCUT2D eigenvalue weighted by molar-refractivity contribution is 7.89. The van der Waals surface area contributed by atoms with Crippen molar-refractivity contribution in [2.24, 2.45) is 17.0 Å². The molecular formula is C30H36N6O4S2. The van der Waals surface area contributed by atoms with Gasteiger partial charge in [-0.15, -0.1) is 0 Å². The lowest BCUT2D eigenvalue weighted by Crippen LogP contribution is -2.32. The van der Waals surface area contributed by atoms with Crippen molar-refractivity contribution in [2.45, 2.75) is 41.9 Å². The largest absolute Gasteiger partial charge is 0.369 e. The molecule has 0 aliphatic heterocycles. The Balaban J connectivity index is 1.13. The van der Waals surface area contributed by atoms with Crippen molar-refractivity contribution in [1.29, 1.82) is 0 Å². The maximum absolute atomic E-state index is 12.5. The van der Waals surface area contributed by atoms with Crippen LogP contribution in [0, 0.1) is 11.8 Å². The fourth-order valence-corrected chi connectivity index (χ4v) is 6.90. The minimum absolute atomic E-state index is 0.0953. The lowest BCUT2D eigenvalue weighted by atomic mass is 9.82. The van der Waals surface area contributed by atoms with E-state index in [0.29, 0.717) is 42.2 Å². The van der Waals surface area contributed by atoms with Gasteiger partial charge in [-0.05, 0) is 85.9 Å². The molecule has 0 spiro atoms. The first kappa shape index (κ1) is 29.9. The third-order valence-electron chi connectivity index (χ3n) is 7.69. The highest BCUT2D eigenvalue weighted by atomic mass is 32.2. The number of hydrogen-bond donors (Lipinski definition) is 4. The molecule has 0 unspecified atom stereocenters. The van der Waals surface area contributed by atoms with Crippen LogP contribution in [0.3, 0.4) is 0 Å². The molecule has 222 valence electrons. The summed E-state index contributed by atoms with van der Waals surface area (Å²) in [6.07, 6.45) is 4.62. The van der Waals surface area contributed by atoms with Gasteiger partial charge in [-0.25, -0.2) is 31.7 Å². The maximum atomic E-state index is 12.5. The van der Waals surface area contributed by atoms with Gasteiger partial charge in [0.25, 0.3) is 0 Å². The van der Waals surface area contributed by atoms with Crippen molar-refractivity contribution >= 4 is 42.7 Å². The number of sulfonamides is 2. The molecule has 10 nitrogen and oxygen atoms in total. The Labute approximate surface area is 247 Å². The van der Waals surface area contributed by atoms with E-state index in [4.69, 9.17) is 15.1 Å². The molecule has 0 radical (unpaired) electrons. The van der Waals surface area contributed by atoms with Crippen molar-refractivity contribution in [3.05, 3.63) is 84.4 Å². The normalized spacial score (nSPS) is 17.6. The molecule has 12 heteroatoms. The predicted octanol–water partition coefficient (Wildman–Crippen LogP) is 4.13. The average molecular weight is 609 g/mol. The van der Waals surface area contributed by atoms with E-state index < -0.39 is 20.0 Å². The predicted molar refractivity (Wildman–Crippen MR) is 165 cm³/mol. The van der Waals surface area contributed by atoms with Gasteiger partial charge in [0, 0.05) is 25.0 Å². The highest BCUT2D eigenvalue weighted by Gasteiger charge is 2.23. The molecule has 4 aromatic rings. The first-order valence-electron chi connectivity index (χ1n) is 14.1. The molecule has 5 rings (SSSR count). The van der Waals surface area contributed by atoms with Gasteiger partial charge in [-0.2, -0.15) is 4.98 Å². The molecule has 42 heavy (non-hydrogen) atoms. The number of benzene rings is 3. The molecule has 1 aliphatic carbocycles. The van der Waals surface area contributed by atoms with Gasteiger partial charge in [0.2, 0.25) is 26.0 Å². The van der Waals surface area contributed by atoms with Crippen LogP contribution in [0.25, 0.3) is 10.9 Å². The Hall–Kier alpha value is -3.58. The van der Waals surface area contributed by atoms with Gasteiger partial charge >= 0.3 is 0 Å². The van der Waals surface area contributed by atoms with E-state index in [1.54, 1.807) is 42.5 Å². The monoisotopic (exact) mass is 608 g/mol. The van der Waals surface area contributed by atoms with Gasteiger partial charge in [-0.1, -0.05) is 42.5 Å². The van der Waals surface area contributed by atoms with Crippen molar-refractivity contribution < 1.29 is 16.8 Å². The molecule has 0 saturated heterocycles. The van der Waals surface area contributed by atoms with E-state index in [0.717, 1.165) is 54.5 Å². The molecule has 0 atom stereocenters. The number of nitrogens with zero attached hydrogens (tertiary/aromatic N) is 2. The molecule has 1 aliphatic rings. The maximum Gasteiger partial charge on any atom is 0.240 e. The number of nitrogens with two attached hydrogens (primary N) is 1. The van der Waals surface area contributed by atoms with Gasteiger partial charge in [0.15, 0.2) is 0 Å². The molecule has 0 amide bonds. The standard InChI is InChI=1S/C30H36N6O4S2/c31-41(37,38)25-16-14-22(15-17-25)18-19-32-29-27-8-4-5-9-28(27)35-30(36-29)33-20-23-10-12-24(13-11-23)21-34-42(39,40)26-6-2-1-3-7-26/h1-9,14-17,23-24,34H,10-13,18-21H2,(H2,31,37,38)(H2,32,33,35,36). The topological polar surface area (TPSA) is 156 Å². The van der Waals surface area contributed by atoms with Crippen LogP contribution in [0.5, 0.6) is 0 Å². The number of primary sulfonamides is 1. The number of anilines is 2. The summed E-state index contributed by atoms with van der Waals surface area (Å²) in [5, 5.41) is 13.0. The van der Waals surface area contributed by atoms with E-state index >= 15 is 0 Å².